The van der Waals surface area contributed by atoms with Crippen LogP contribution in [0.3, 0.4) is 0 Å². The van der Waals surface area contributed by atoms with E-state index in [9.17, 15) is 0 Å². The molecule has 16 heavy (non-hydrogen) atoms. The van der Waals surface area contributed by atoms with Gasteiger partial charge in [0.15, 0.2) is 0 Å². The molecule has 1 aromatic carbocycles. The third-order valence-corrected chi connectivity index (χ3v) is 2.25. The summed E-state index contributed by atoms with van der Waals surface area (Å²) in [6.45, 7) is 3.48. The Labute approximate surface area is 97.1 Å². The van der Waals surface area contributed by atoms with Crippen LogP contribution in [-0.4, -0.2) is 38.4 Å². The van der Waals surface area contributed by atoms with E-state index in [1.807, 2.05) is 7.05 Å². The van der Waals surface area contributed by atoms with Crippen molar-refractivity contribution >= 4 is 5.69 Å². The molecular formula is C12H21N3O. The average molecular weight is 223 g/mol. The monoisotopic (exact) mass is 223 g/mol. The number of nitrogens with one attached hydrogen (secondary N) is 3. The van der Waals surface area contributed by atoms with Crippen LogP contribution in [0.15, 0.2) is 24.3 Å². The van der Waals surface area contributed by atoms with E-state index < -0.39 is 0 Å². The number of hydrogen-bond acceptors (Lipinski definition) is 4. The molecule has 0 unspecified atom stereocenters. The van der Waals surface area contributed by atoms with E-state index in [1.165, 1.54) is 5.56 Å². The van der Waals surface area contributed by atoms with Gasteiger partial charge in [0, 0.05) is 31.9 Å². The van der Waals surface area contributed by atoms with E-state index in [-0.39, 0.29) is 6.61 Å². The summed E-state index contributed by atoms with van der Waals surface area (Å²) in [6, 6.07) is 8.39. The zero-order valence-electron chi connectivity index (χ0n) is 9.79. The molecule has 0 aliphatic rings. The Balaban J connectivity index is 2.21. The molecule has 0 aromatic heterocycles. The van der Waals surface area contributed by atoms with Crippen LogP contribution in [0.2, 0.25) is 0 Å². The normalized spacial score (nSPS) is 10.4. The highest BCUT2D eigenvalue weighted by molar-refractivity contribution is 5.44. The highest BCUT2D eigenvalue weighted by Gasteiger charge is 1.93. The zero-order valence-corrected chi connectivity index (χ0v) is 9.79. The van der Waals surface area contributed by atoms with Crippen LogP contribution in [0, 0.1) is 0 Å². The maximum atomic E-state index is 8.57. The molecule has 0 radical (unpaired) electrons. The van der Waals surface area contributed by atoms with Crippen molar-refractivity contribution in [2.75, 3.05) is 38.6 Å². The third-order valence-electron chi connectivity index (χ3n) is 2.25. The number of anilines is 1. The highest BCUT2D eigenvalue weighted by Crippen LogP contribution is 2.08. The van der Waals surface area contributed by atoms with Gasteiger partial charge in [0.05, 0.1) is 6.61 Å². The molecule has 4 nitrogen and oxygen atoms in total. The molecule has 1 aromatic rings. The highest BCUT2D eigenvalue weighted by atomic mass is 16.3. The van der Waals surface area contributed by atoms with Gasteiger partial charge < -0.3 is 21.1 Å². The van der Waals surface area contributed by atoms with Gasteiger partial charge in [-0.2, -0.15) is 0 Å². The molecule has 0 spiro atoms. The third kappa shape index (κ3) is 5.11. The predicted octanol–water partition coefficient (Wildman–Crippen LogP) is 0.400. The van der Waals surface area contributed by atoms with E-state index in [0.29, 0.717) is 6.54 Å². The van der Waals surface area contributed by atoms with Crippen molar-refractivity contribution in [1.82, 2.24) is 10.6 Å². The van der Waals surface area contributed by atoms with E-state index in [0.717, 1.165) is 25.3 Å². The second-order valence-electron chi connectivity index (χ2n) is 3.63. The van der Waals surface area contributed by atoms with Gasteiger partial charge in [0.1, 0.15) is 0 Å². The summed E-state index contributed by atoms with van der Waals surface area (Å²) in [6.07, 6.45) is 0. The van der Waals surface area contributed by atoms with Crippen LogP contribution in [-0.2, 0) is 6.54 Å². The molecule has 0 aliphatic carbocycles. The largest absolute Gasteiger partial charge is 0.395 e. The smallest absolute Gasteiger partial charge is 0.0555 e. The first-order valence-corrected chi connectivity index (χ1v) is 5.66. The van der Waals surface area contributed by atoms with Crippen molar-refractivity contribution in [3.63, 3.8) is 0 Å². The zero-order chi connectivity index (χ0) is 11.6. The fourth-order valence-corrected chi connectivity index (χ4v) is 1.44. The molecule has 4 N–H and O–H groups in total. The number of rotatable bonds is 8. The van der Waals surface area contributed by atoms with Crippen molar-refractivity contribution in [1.29, 1.82) is 0 Å². The van der Waals surface area contributed by atoms with Gasteiger partial charge in [0.2, 0.25) is 0 Å². The van der Waals surface area contributed by atoms with Crippen molar-refractivity contribution in [3.8, 4) is 0 Å². The quantitative estimate of drug-likeness (QED) is 0.482. The first-order valence-electron chi connectivity index (χ1n) is 5.66. The minimum Gasteiger partial charge on any atom is -0.395 e. The maximum absolute atomic E-state index is 8.57. The number of aliphatic hydroxyl groups excluding tert-OH is 1. The molecule has 0 saturated carbocycles. The lowest BCUT2D eigenvalue weighted by Crippen LogP contribution is -2.24. The predicted molar refractivity (Wildman–Crippen MR) is 67.7 cm³/mol. The van der Waals surface area contributed by atoms with Gasteiger partial charge in [-0.3, -0.25) is 0 Å². The summed E-state index contributed by atoms with van der Waals surface area (Å²) in [7, 11) is 1.94. The summed E-state index contributed by atoms with van der Waals surface area (Å²) in [4.78, 5) is 0. The van der Waals surface area contributed by atoms with Crippen LogP contribution < -0.4 is 16.0 Å². The van der Waals surface area contributed by atoms with Crippen LogP contribution in [0.5, 0.6) is 0 Å². The summed E-state index contributed by atoms with van der Waals surface area (Å²) in [5.74, 6) is 0. The van der Waals surface area contributed by atoms with Crippen molar-refractivity contribution < 1.29 is 5.11 Å². The number of hydrogen-bond donors (Lipinski definition) is 4. The van der Waals surface area contributed by atoms with Crippen LogP contribution in [0.4, 0.5) is 5.69 Å². The van der Waals surface area contributed by atoms with Gasteiger partial charge in [-0.1, -0.05) is 12.1 Å². The summed E-state index contributed by atoms with van der Waals surface area (Å²) in [5, 5.41) is 18.1. The van der Waals surface area contributed by atoms with Gasteiger partial charge in [-0.15, -0.1) is 0 Å². The Morgan fingerprint density at radius 3 is 2.44 bits per heavy atom. The Morgan fingerprint density at radius 1 is 1.06 bits per heavy atom. The molecule has 0 aliphatic heterocycles. The van der Waals surface area contributed by atoms with E-state index in [2.05, 4.69) is 40.2 Å². The Kier molecular flexibility index (Phi) is 6.56. The maximum Gasteiger partial charge on any atom is 0.0555 e. The lowest BCUT2D eigenvalue weighted by molar-refractivity contribution is 0.293. The van der Waals surface area contributed by atoms with E-state index in [1.54, 1.807) is 0 Å². The molecule has 90 valence electrons. The Bertz CT molecular complexity index is 274. The number of aliphatic hydroxyl groups is 1. The minimum atomic E-state index is 0.193. The van der Waals surface area contributed by atoms with Gasteiger partial charge in [0.25, 0.3) is 0 Å². The SMILES string of the molecule is CNCc1ccc(NCCNCCO)cc1. The first kappa shape index (κ1) is 13.0. The first-order chi connectivity index (χ1) is 7.86. The molecule has 0 bridgehead atoms. The van der Waals surface area contributed by atoms with Crippen molar-refractivity contribution in [2.24, 2.45) is 0 Å². The molecule has 0 saturated heterocycles. The Hall–Kier alpha value is -1.10. The molecule has 0 atom stereocenters. The molecule has 0 heterocycles. The fourth-order valence-electron chi connectivity index (χ4n) is 1.44. The number of benzene rings is 1. The average Bonchev–Trinajstić information content (AvgIpc) is 2.31. The molecule has 4 heteroatoms. The van der Waals surface area contributed by atoms with Crippen LogP contribution in [0.1, 0.15) is 5.56 Å². The topological polar surface area (TPSA) is 56.3 Å². The van der Waals surface area contributed by atoms with Gasteiger partial charge >= 0.3 is 0 Å². The lowest BCUT2D eigenvalue weighted by Gasteiger charge is -2.08. The summed E-state index contributed by atoms with van der Waals surface area (Å²) in [5.41, 5.74) is 2.41. The van der Waals surface area contributed by atoms with Crippen LogP contribution >= 0.6 is 0 Å². The summed E-state index contributed by atoms with van der Waals surface area (Å²) < 4.78 is 0. The molecular weight excluding hydrogens is 202 g/mol. The standard InChI is InChI=1S/C12H21N3O/c1-13-10-11-2-4-12(5-3-11)15-7-6-14-8-9-16/h2-5,13-16H,6-10H2,1H3. The van der Waals surface area contributed by atoms with Crippen molar-refractivity contribution in [2.45, 2.75) is 6.54 Å². The molecule has 0 fully saturated rings. The summed E-state index contributed by atoms with van der Waals surface area (Å²) >= 11 is 0. The van der Waals surface area contributed by atoms with E-state index in [4.69, 9.17) is 5.11 Å². The van der Waals surface area contributed by atoms with Gasteiger partial charge in [-0.05, 0) is 24.7 Å². The van der Waals surface area contributed by atoms with Crippen LogP contribution in [0.25, 0.3) is 0 Å². The molecule has 0 amide bonds. The Morgan fingerprint density at radius 2 is 1.81 bits per heavy atom. The van der Waals surface area contributed by atoms with E-state index >= 15 is 0 Å². The second kappa shape index (κ2) is 8.10. The second-order valence-corrected chi connectivity index (χ2v) is 3.63. The fraction of sp³-hybridized carbons (Fsp3) is 0.500. The lowest BCUT2D eigenvalue weighted by atomic mass is 10.2. The van der Waals surface area contributed by atoms with Gasteiger partial charge in [-0.25, -0.2) is 0 Å². The van der Waals surface area contributed by atoms with Crippen molar-refractivity contribution in [3.05, 3.63) is 29.8 Å². The minimum absolute atomic E-state index is 0.193. The molecule has 1 rings (SSSR count).